The fourth-order valence-corrected chi connectivity index (χ4v) is 6.35. The number of rotatable bonds is 5. The molecule has 6 unspecified atom stereocenters. The molecular formula is C25H35F2N7O2. The second-order valence-electron chi connectivity index (χ2n) is 11.1. The van der Waals surface area contributed by atoms with Crippen LogP contribution in [0.15, 0.2) is 12.1 Å². The van der Waals surface area contributed by atoms with Crippen molar-refractivity contribution < 1.29 is 18.4 Å². The van der Waals surface area contributed by atoms with Gasteiger partial charge < -0.3 is 15.5 Å². The molecule has 4 heterocycles. The Morgan fingerprint density at radius 1 is 1.17 bits per heavy atom. The number of pyridine rings is 1. The van der Waals surface area contributed by atoms with Gasteiger partial charge >= 0.3 is 0 Å². The lowest BCUT2D eigenvalue weighted by molar-refractivity contribution is -0.138. The Balaban J connectivity index is 1.03. The van der Waals surface area contributed by atoms with E-state index in [2.05, 4.69) is 32.9 Å². The van der Waals surface area contributed by atoms with Crippen LogP contribution in [0.5, 0.6) is 0 Å². The van der Waals surface area contributed by atoms with Gasteiger partial charge in [0.1, 0.15) is 17.9 Å². The lowest BCUT2D eigenvalue weighted by atomic mass is 9.78. The van der Waals surface area contributed by atoms with Gasteiger partial charge in [0, 0.05) is 56.8 Å². The Morgan fingerprint density at radius 3 is 2.67 bits per heavy atom. The maximum atomic E-state index is 15.7. The molecule has 0 aromatic carbocycles. The molecule has 0 radical (unpaired) electrons. The van der Waals surface area contributed by atoms with Crippen molar-refractivity contribution >= 4 is 17.5 Å². The smallest absolute Gasteiger partial charge is 0.270 e. The van der Waals surface area contributed by atoms with E-state index in [1.807, 2.05) is 9.91 Å². The van der Waals surface area contributed by atoms with Crippen LogP contribution in [-0.4, -0.2) is 95.8 Å². The number of aromatic nitrogens is 1. The van der Waals surface area contributed by atoms with E-state index in [-0.39, 0.29) is 47.6 Å². The molecule has 5 aliphatic rings. The molecule has 36 heavy (non-hydrogen) atoms. The summed E-state index contributed by atoms with van der Waals surface area (Å²) in [5, 5.41) is 7.83. The molecule has 1 aromatic heterocycles. The lowest BCUT2D eigenvalue weighted by Gasteiger charge is -2.49. The number of fused-ring (bicyclic) bond motifs is 3. The van der Waals surface area contributed by atoms with E-state index >= 15 is 4.39 Å². The number of nitrogens with zero attached hydrogens (tertiary/aromatic N) is 4. The number of alkyl halides is 1. The van der Waals surface area contributed by atoms with Crippen molar-refractivity contribution in [2.24, 2.45) is 5.92 Å². The predicted molar refractivity (Wildman–Crippen MR) is 130 cm³/mol. The Kier molecular flexibility index (Phi) is 6.33. The number of hydrogen-bond donors (Lipinski definition) is 3. The van der Waals surface area contributed by atoms with Crippen molar-refractivity contribution in [2.75, 3.05) is 37.6 Å². The standard InChI is InChI=1S/C25H35F2N7O2/c1-14-12-20-25(36)30-22-18(34(20)31-14)6-2-15(21(22)26)13-32-8-10-33(11-9-32)19-7-5-17(29-23(19)27)24(35)28-16-3-4-16/h5,7,14-16,18,20-22,31H,2-4,6,8-13H2,1H3,(H,28,35)(H,30,36). The number of carbonyl (C=O) groups excluding carboxylic acids is 2. The first-order chi connectivity index (χ1) is 17.4. The minimum absolute atomic E-state index is 0.00875. The Morgan fingerprint density at radius 2 is 1.94 bits per heavy atom. The van der Waals surface area contributed by atoms with Crippen molar-refractivity contribution in [3.8, 4) is 0 Å². The first-order valence-corrected chi connectivity index (χ1v) is 13.3. The van der Waals surface area contributed by atoms with Gasteiger partial charge in [-0.3, -0.25) is 19.9 Å². The van der Waals surface area contributed by atoms with Gasteiger partial charge in [0.05, 0.1) is 11.7 Å². The highest BCUT2D eigenvalue weighted by atomic mass is 19.1. The topological polar surface area (TPSA) is 92.8 Å². The zero-order chi connectivity index (χ0) is 25.0. The maximum absolute atomic E-state index is 15.7. The van der Waals surface area contributed by atoms with Crippen molar-refractivity contribution in [1.29, 1.82) is 0 Å². The van der Waals surface area contributed by atoms with Crippen LogP contribution in [0.2, 0.25) is 0 Å². The van der Waals surface area contributed by atoms with Gasteiger partial charge in [-0.05, 0) is 51.2 Å². The average Bonchev–Trinajstić information content (AvgIpc) is 3.59. The number of halogens is 2. The summed E-state index contributed by atoms with van der Waals surface area (Å²) in [6, 6.07) is 2.93. The summed E-state index contributed by atoms with van der Waals surface area (Å²) in [5.41, 5.74) is 3.88. The minimum atomic E-state index is -1.10. The number of carbonyl (C=O) groups is 2. The number of amides is 2. The van der Waals surface area contributed by atoms with E-state index in [0.717, 1.165) is 32.1 Å². The summed E-state index contributed by atoms with van der Waals surface area (Å²) in [7, 11) is 0. The Labute approximate surface area is 209 Å². The SMILES string of the molecule is CC1CC2C(=O)NC3C(F)C(CN4CCN(c5ccc(C(=O)NC6CC6)nc5F)CC4)CCC3N2N1. The van der Waals surface area contributed by atoms with Crippen molar-refractivity contribution in [3.05, 3.63) is 23.8 Å². The average molecular weight is 504 g/mol. The molecule has 1 aromatic rings. The monoisotopic (exact) mass is 503 g/mol. The second-order valence-corrected chi connectivity index (χ2v) is 11.1. The second kappa shape index (κ2) is 9.50. The summed E-state index contributed by atoms with van der Waals surface area (Å²) in [6.07, 6.45) is 3.22. The van der Waals surface area contributed by atoms with E-state index in [1.54, 1.807) is 12.1 Å². The highest BCUT2D eigenvalue weighted by molar-refractivity contribution is 5.92. The first kappa shape index (κ1) is 24.0. The predicted octanol–water partition coefficient (Wildman–Crippen LogP) is 0.817. The molecule has 6 rings (SSSR count). The Hall–Kier alpha value is -2.37. The van der Waals surface area contributed by atoms with Crippen LogP contribution in [-0.2, 0) is 4.79 Å². The molecule has 9 nitrogen and oxygen atoms in total. The molecule has 0 spiro atoms. The highest BCUT2D eigenvalue weighted by Gasteiger charge is 2.52. The van der Waals surface area contributed by atoms with Gasteiger partial charge in [0.25, 0.3) is 5.91 Å². The fourth-order valence-electron chi connectivity index (χ4n) is 6.35. The summed E-state index contributed by atoms with van der Waals surface area (Å²) in [6.45, 7) is 5.29. The molecular weight excluding hydrogens is 468 g/mol. The van der Waals surface area contributed by atoms with Gasteiger partial charge in [0.2, 0.25) is 11.9 Å². The molecule has 5 fully saturated rings. The zero-order valence-corrected chi connectivity index (χ0v) is 20.6. The third kappa shape index (κ3) is 4.56. The number of piperazine rings is 2. The minimum Gasteiger partial charge on any atom is -0.365 e. The quantitative estimate of drug-likeness (QED) is 0.513. The van der Waals surface area contributed by atoms with Crippen LogP contribution >= 0.6 is 0 Å². The molecule has 3 N–H and O–H groups in total. The number of hydrazine groups is 1. The van der Waals surface area contributed by atoms with Gasteiger partial charge in [-0.2, -0.15) is 4.39 Å². The van der Waals surface area contributed by atoms with Crippen molar-refractivity contribution in [2.45, 2.75) is 75.4 Å². The van der Waals surface area contributed by atoms with Gasteiger partial charge in [0.15, 0.2) is 0 Å². The van der Waals surface area contributed by atoms with E-state index in [1.165, 1.54) is 0 Å². The third-order valence-electron chi connectivity index (χ3n) is 8.47. The molecule has 6 atom stereocenters. The van der Waals surface area contributed by atoms with Crippen LogP contribution < -0.4 is 21.0 Å². The van der Waals surface area contributed by atoms with Gasteiger partial charge in [-0.25, -0.2) is 14.4 Å². The number of anilines is 1. The molecule has 2 aliphatic carbocycles. The van der Waals surface area contributed by atoms with Gasteiger partial charge in [-0.15, -0.1) is 0 Å². The summed E-state index contributed by atoms with van der Waals surface area (Å²) in [4.78, 5) is 32.8. The lowest BCUT2D eigenvalue weighted by Crippen LogP contribution is -2.70. The molecule has 196 valence electrons. The van der Waals surface area contributed by atoms with Crippen LogP contribution in [0.25, 0.3) is 0 Å². The van der Waals surface area contributed by atoms with Crippen LogP contribution in [0, 0.1) is 11.9 Å². The van der Waals surface area contributed by atoms with Crippen LogP contribution in [0.1, 0.15) is 49.5 Å². The molecule has 0 bridgehead atoms. The highest BCUT2D eigenvalue weighted by Crippen LogP contribution is 2.36. The number of nitrogens with one attached hydrogen (secondary N) is 3. The Bertz CT molecular complexity index is 1020. The van der Waals surface area contributed by atoms with E-state index in [9.17, 15) is 14.0 Å². The summed E-state index contributed by atoms with van der Waals surface area (Å²) >= 11 is 0. The van der Waals surface area contributed by atoms with E-state index in [0.29, 0.717) is 38.4 Å². The van der Waals surface area contributed by atoms with Crippen LogP contribution in [0.4, 0.5) is 14.5 Å². The summed E-state index contributed by atoms with van der Waals surface area (Å²) in [5.74, 6) is -1.18. The number of hydrogen-bond acceptors (Lipinski definition) is 7. The normalized spacial score (nSPS) is 35.2. The summed E-state index contributed by atoms with van der Waals surface area (Å²) < 4.78 is 30.4. The fraction of sp³-hybridized carbons (Fsp3) is 0.720. The van der Waals surface area contributed by atoms with Crippen LogP contribution in [0.3, 0.4) is 0 Å². The van der Waals surface area contributed by atoms with E-state index in [4.69, 9.17) is 0 Å². The molecule has 11 heteroatoms. The largest absolute Gasteiger partial charge is 0.365 e. The molecule has 2 amide bonds. The maximum Gasteiger partial charge on any atom is 0.270 e. The molecule has 3 saturated heterocycles. The molecule has 2 saturated carbocycles. The first-order valence-electron chi connectivity index (χ1n) is 13.3. The van der Waals surface area contributed by atoms with Gasteiger partial charge in [-0.1, -0.05) is 0 Å². The van der Waals surface area contributed by atoms with Crippen molar-refractivity contribution in [1.82, 2.24) is 31.0 Å². The van der Waals surface area contributed by atoms with Crippen molar-refractivity contribution in [3.63, 3.8) is 0 Å². The zero-order valence-electron chi connectivity index (χ0n) is 20.6. The third-order valence-corrected chi connectivity index (χ3v) is 8.47. The van der Waals surface area contributed by atoms with E-state index < -0.39 is 18.2 Å². The molecule has 3 aliphatic heterocycles.